The van der Waals surface area contributed by atoms with Crippen LogP contribution in [0.3, 0.4) is 0 Å². The normalized spacial score (nSPS) is 20.5. The van der Waals surface area contributed by atoms with Crippen LogP contribution in [0.1, 0.15) is 19.3 Å². The zero-order valence-electron chi connectivity index (χ0n) is 16.7. The van der Waals surface area contributed by atoms with E-state index in [4.69, 9.17) is 16.3 Å². The van der Waals surface area contributed by atoms with Crippen molar-refractivity contribution < 1.29 is 32.3 Å². The Morgan fingerprint density at radius 1 is 1.16 bits per heavy atom. The van der Waals surface area contributed by atoms with Crippen LogP contribution in [0.25, 0.3) is 0 Å². The highest BCUT2D eigenvalue weighted by molar-refractivity contribution is 7.90. The maximum Gasteiger partial charge on any atom is 0.308 e. The van der Waals surface area contributed by atoms with Crippen LogP contribution in [0.5, 0.6) is 0 Å². The third-order valence-corrected chi connectivity index (χ3v) is 6.58. The summed E-state index contributed by atoms with van der Waals surface area (Å²) in [6.07, 6.45) is 5.56. The number of imide groups is 1. The highest BCUT2D eigenvalue weighted by Gasteiger charge is 2.46. The molecule has 0 bridgehead atoms. The summed E-state index contributed by atoms with van der Waals surface area (Å²) in [4.78, 5) is 49.8. The number of sulfone groups is 1. The Labute approximate surface area is 184 Å². The third-order valence-electron chi connectivity index (χ3n) is 5.14. The Hall–Kier alpha value is -2.72. The molecule has 166 valence electrons. The molecule has 1 heterocycles. The molecule has 11 heteroatoms. The average molecular weight is 469 g/mol. The fourth-order valence-electron chi connectivity index (χ4n) is 3.53. The molecule has 0 radical (unpaired) electrons. The number of carbonyl (C=O) groups excluding carboxylic acids is 4. The molecule has 9 nitrogen and oxygen atoms in total. The van der Waals surface area contributed by atoms with Crippen molar-refractivity contribution in [2.75, 3.05) is 24.7 Å². The Morgan fingerprint density at radius 2 is 1.77 bits per heavy atom. The van der Waals surface area contributed by atoms with E-state index >= 15 is 0 Å². The van der Waals surface area contributed by atoms with Crippen LogP contribution in [-0.2, 0) is 33.8 Å². The lowest BCUT2D eigenvalue weighted by atomic mass is 9.85. The quantitative estimate of drug-likeness (QED) is 0.365. The summed E-state index contributed by atoms with van der Waals surface area (Å²) >= 11 is 5.96. The largest absolute Gasteiger partial charge is 0.456 e. The number of amides is 3. The predicted octanol–water partition coefficient (Wildman–Crippen LogP) is 1.57. The first kappa shape index (κ1) is 23.0. The van der Waals surface area contributed by atoms with Crippen molar-refractivity contribution >= 4 is 50.8 Å². The molecule has 0 aromatic heterocycles. The Balaban J connectivity index is 1.49. The van der Waals surface area contributed by atoms with Crippen molar-refractivity contribution in [1.82, 2.24) is 4.90 Å². The number of carbonyl (C=O) groups is 4. The van der Waals surface area contributed by atoms with E-state index in [1.54, 1.807) is 0 Å². The number of likely N-dealkylation sites (tertiary alicyclic amines) is 1. The minimum Gasteiger partial charge on any atom is -0.456 e. The summed E-state index contributed by atoms with van der Waals surface area (Å²) in [6.45, 7) is -0.733. The molecular weight excluding hydrogens is 448 g/mol. The second-order valence-electron chi connectivity index (χ2n) is 7.36. The lowest BCUT2D eigenvalue weighted by Crippen LogP contribution is -2.33. The van der Waals surface area contributed by atoms with Crippen LogP contribution >= 0.6 is 11.6 Å². The van der Waals surface area contributed by atoms with Gasteiger partial charge >= 0.3 is 5.97 Å². The van der Waals surface area contributed by atoms with E-state index in [0.717, 1.165) is 11.2 Å². The van der Waals surface area contributed by atoms with Gasteiger partial charge in [0.25, 0.3) is 5.91 Å². The summed E-state index contributed by atoms with van der Waals surface area (Å²) in [5, 5.41) is 2.50. The van der Waals surface area contributed by atoms with E-state index in [2.05, 4.69) is 5.32 Å². The molecule has 2 aliphatic rings. The van der Waals surface area contributed by atoms with Gasteiger partial charge in [0.15, 0.2) is 16.4 Å². The monoisotopic (exact) mass is 468 g/mol. The first-order chi connectivity index (χ1) is 14.6. The standard InChI is InChI=1S/C20H21ClN2O7S/c1-31(28,29)12-6-7-15(21)16(10-12)22-17(24)11-30-18(25)8-9-23-19(26)13-4-2-3-5-14(13)20(23)27/h2-3,6-7,10,13-14H,4-5,8-9,11H2,1H3,(H,22,24)/t13-,14+. The van der Waals surface area contributed by atoms with Gasteiger partial charge in [-0.3, -0.25) is 24.1 Å². The fraction of sp³-hybridized carbons (Fsp3) is 0.400. The first-order valence-corrected chi connectivity index (χ1v) is 11.8. The molecule has 1 aliphatic heterocycles. The SMILES string of the molecule is CS(=O)(=O)c1ccc(Cl)c(NC(=O)COC(=O)CCN2C(=O)[C@H]3CC=CC[C@H]3C2=O)c1. The van der Waals surface area contributed by atoms with E-state index in [0.29, 0.717) is 12.8 Å². The number of nitrogens with one attached hydrogen (secondary N) is 1. The number of halogens is 1. The molecule has 0 spiro atoms. The molecule has 31 heavy (non-hydrogen) atoms. The van der Waals surface area contributed by atoms with Crippen LogP contribution in [0.4, 0.5) is 5.69 Å². The smallest absolute Gasteiger partial charge is 0.308 e. The van der Waals surface area contributed by atoms with E-state index in [1.165, 1.54) is 18.2 Å². The minimum atomic E-state index is -3.50. The number of allylic oxidation sites excluding steroid dienone is 2. The highest BCUT2D eigenvalue weighted by atomic mass is 35.5. The van der Waals surface area contributed by atoms with Crippen molar-refractivity contribution in [3.8, 4) is 0 Å². The van der Waals surface area contributed by atoms with Gasteiger partial charge in [0.2, 0.25) is 11.8 Å². The molecule has 0 unspecified atom stereocenters. The van der Waals surface area contributed by atoms with Crippen molar-refractivity contribution in [1.29, 1.82) is 0 Å². The zero-order valence-corrected chi connectivity index (χ0v) is 18.2. The average Bonchev–Trinajstić information content (AvgIpc) is 2.96. The van der Waals surface area contributed by atoms with E-state index in [-0.39, 0.29) is 52.2 Å². The van der Waals surface area contributed by atoms with Crippen LogP contribution in [0.2, 0.25) is 5.02 Å². The van der Waals surface area contributed by atoms with Crippen LogP contribution in [0, 0.1) is 11.8 Å². The number of hydrogen-bond acceptors (Lipinski definition) is 7. The number of anilines is 1. The van der Waals surface area contributed by atoms with Gasteiger partial charge in [-0.05, 0) is 31.0 Å². The second-order valence-corrected chi connectivity index (χ2v) is 9.78. The number of rotatable bonds is 7. The number of nitrogens with zero attached hydrogens (tertiary/aromatic N) is 1. The second kappa shape index (κ2) is 9.19. The van der Waals surface area contributed by atoms with Gasteiger partial charge in [-0.1, -0.05) is 23.8 Å². The van der Waals surface area contributed by atoms with Crippen molar-refractivity contribution in [3.05, 3.63) is 35.4 Å². The summed E-state index contributed by atoms with van der Waals surface area (Å²) in [6, 6.07) is 3.84. The van der Waals surface area contributed by atoms with Gasteiger partial charge in [0.1, 0.15) is 0 Å². The maximum atomic E-state index is 12.4. The van der Waals surface area contributed by atoms with Crippen LogP contribution in [-0.4, -0.2) is 56.4 Å². The minimum absolute atomic E-state index is 0.0279. The van der Waals surface area contributed by atoms with E-state index < -0.39 is 28.3 Å². The van der Waals surface area contributed by atoms with Crippen LogP contribution in [0.15, 0.2) is 35.2 Å². The number of esters is 1. The third kappa shape index (κ3) is 5.31. The van der Waals surface area contributed by atoms with Gasteiger partial charge in [-0.2, -0.15) is 0 Å². The molecule has 1 aliphatic carbocycles. The number of benzene rings is 1. The van der Waals surface area contributed by atoms with Crippen molar-refractivity contribution in [2.45, 2.75) is 24.2 Å². The molecule has 2 atom stereocenters. The molecule has 1 saturated heterocycles. The Morgan fingerprint density at radius 3 is 2.35 bits per heavy atom. The molecule has 1 N–H and O–H groups in total. The van der Waals surface area contributed by atoms with Gasteiger partial charge < -0.3 is 10.1 Å². The lowest BCUT2D eigenvalue weighted by molar-refractivity contribution is -0.148. The number of ether oxygens (including phenoxy) is 1. The molecule has 3 amide bonds. The number of fused-ring (bicyclic) bond motifs is 1. The van der Waals surface area contributed by atoms with Gasteiger partial charge in [-0.25, -0.2) is 8.42 Å². The summed E-state index contributed by atoms with van der Waals surface area (Å²) in [5.74, 6) is -2.78. The maximum absolute atomic E-state index is 12.4. The van der Waals surface area contributed by atoms with Gasteiger partial charge in [0, 0.05) is 12.8 Å². The lowest BCUT2D eigenvalue weighted by Gasteiger charge is -2.14. The molecule has 3 rings (SSSR count). The predicted molar refractivity (Wildman–Crippen MR) is 111 cm³/mol. The molecule has 1 fully saturated rings. The van der Waals surface area contributed by atoms with E-state index in [9.17, 15) is 27.6 Å². The Bertz CT molecular complexity index is 1040. The van der Waals surface area contributed by atoms with E-state index in [1.807, 2.05) is 12.2 Å². The Kier molecular flexibility index (Phi) is 6.80. The topological polar surface area (TPSA) is 127 Å². The molecule has 0 saturated carbocycles. The summed E-state index contributed by atoms with van der Waals surface area (Å²) in [5.41, 5.74) is 0.0649. The number of hydrogen-bond donors (Lipinski definition) is 1. The van der Waals surface area contributed by atoms with Crippen molar-refractivity contribution in [2.24, 2.45) is 11.8 Å². The summed E-state index contributed by atoms with van der Waals surface area (Å²) in [7, 11) is -3.50. The van der Waals surface area contributed by atoms with Gasteiger partial charge in [-0.15, -0.1) is 0 Å². The molecule has 1 aromatic carbocycles. The molecule has 1 aromatic rings. The van der Waals surface area contributed by atoms with Crippen molar-refractivity contribution in [3.63, 3.8) is 0 Å². The fourth-order valence-corrected chi connectivity index (χ4v) is 4.34. The molecular formula is C20H21ClN2O7S. The highest BCUT2D eigenvalue weighted by Crippen LogP contribution is 2.35. The van der Waals surface area contributed by atoms with Crippen LogP contribution < -0.4 is 5.32 Å². The van der Waals surface area contributed by atoms with Gasteiger partial charge in [0.05, 0.1) is 33.9 Å². The zero-order chi connectivity index (χ0) is 22.8. The first-order valence-electron chi connectivity index (χ1n) is 9.53. The summed E-state index contributed by atoms with van der Waals surface area (Å²) < 4.78 is 28.1.